The van der Waals surface area contributed by atoms with Gasteiger partial charge in [0.15, 0.2) is 0 Å². The second-order valence-electron chi connectivity index (χ2n) is 5.22. The van der Waals surface area contributed by atoms with Crippen LogP contribution in [-0.2, 0) is 0 Å². The van der Waals surface area contributed by atoms with Crippen LogP contribution >= 0.6 is 0 Å². The number of nitrogens with zero attached hydrogens (tertiary/aromatic N) is 1. The first-order valence-corrected chi connectivity index (χ1v) is 7.83. The van der Waals surface area contributed by atoms with Crippen molar-refractivity contribution in [1.82, 2.24) is 5.43 Å². The van der Waals surface area contributed by atoms with Crippen molar-refractivity contribution >= 4 is 11.6 Å². The molecule has 0 aliphatic carbocycles. The molecule has 0 aliphatic heterocycles. The summed E-state index contributed by atoms with van der Waals surface area (Å²) in [6, 6.07) is 14.8. The van der Waals surface area contributed by atoms with Crippen molar-refractivity contribution in [2.45, 2.75) is 19.8 Å². The van der Waals surface area contributed by atoms with E-state index in [1.54, 1.807) is 32.4 Å². The highest BCUT2D eigenvalue weighted by Crippen LogP contribution is 2.22. The number of carbonyl (C=O) groups is 1. The quantitative estimate of drug-likeness (QED) is 0.624. The molecule has 0 atom stereocenters. The fourth-order valence-electron chi connectivity index (χ4n) is 2.25. The van der Waals surface area contributed by atoms with E-state index in [0.29, 0.717) is 17.1 Å². The number of nitrogens with one attached hydrogen (secondary N) is 1. The molecule has 0 fully saturated rings. The molecule has 1 amide bonds. The van der Waals surface area contributed by atoms with Crippen molar-refractivity contribution in [2.75, 3.05) is 14.2 Å². The summed E-state index contributed by atoms with van der Waals surface area (Å²) in [5.41, 5.74) is 4.90. The minimum atomic E-state index is -0.309. The number of ether oxygens (including phenoxy) is 2. The Hall–Kier alpha value is -2.82. The van der Waals surface area contributed by atoms with Crippen molar-refractivity contribution in [3.8, 4) is 11.5 Å². The molecule has 0 radical (unpaired) electrons. The summed E-state index contributed by atoms with van der Waals surface area (Å²) in [5, 5.41) is 4.31. The van der Waals surface area contributed by atoms with Crippen LogP contribution in [0.3, 0.4) is 0 Å². The third kappa shape index (κ3) is 4.59. The third-order valence-corrected chi connectivity index (χ3v) is 3.50. The minimum absolute atomic E-state index is 0.309. The van der Waals surface area contributed by atoms with Crippen LogP contribution in [0.4, 0.5) is 0 Å². The van der Waals surface area contributed by atoms with Crippen LogP contribution < -0.4 is 14.9 Å². The second-order valence-corrected chi connectivity index (χ2v) is 5.22. The number of methoxy groups -OCH3 is 2. The van der Waals surface area contributed by atoms with Gasteiger partial charge >= 0.3 is 0 Å². The monoisotopic (exact) mass is 326 g/mol. The van der Waals surface area contributed by atoms with Crippen LogP contribution in [0.2, 0.25) is 0 Å². The lowest BCUT2D eigenvalue weighted by molar-refractivity contribution is 0.0954. The zero-order valence-electron chi connectivity index (χ0n) is 14.2. The van der Waals surface area contributed by atoms with Crippen LogP contribution in [0.1, 0.15) is 35.7 Å². The van der Waals surface area contributed by atoms with Gasteiger partial charge in [0, 0.05) is 11.6 Å². The van der Waals surface area contributed by atoms with E-state index in [9.17, 15) is 4.79 Å². The maximum absolute atomic E-state index is 12.4. The van der Waals surface area contributed by atoms with Crippen LogP contribution in [0, 0.1) is 0 Å². The Morgan fingerprint density at radius 2 is 1.62 bits per heavy atom. The average molecular weight is 326 g/mol. The summed E-state index contributed by atoms with van der Waals surface area (Å²) < 4.78 is 10.4. The lowest BCUT2D eigenvalue weighted by atomic mass is 10.1. The van der Waals surface area contributed by atoms with Crippen LogP contribution in [0.5, 0.6) is 11.5 Å². The van der Waals surface area contributed by atoms with E-state index < -0.39 is 0 Å². The number of hydrazone groups is 1. The third-order valence-electron chi connectivity index (χ3n) is 3.50. The van der Waals surface area contributed by atoms with E-state index in [1.165, 1.54) is 0 Å². The standard InChI is InChI=1S/C19H22N2O3/c1-4-8-18(14-9-6-5-7-10-14)20-21-19(22)15-11-16(23-2)13-17(12-15)24-3/h5-7,9-13H,4,8H2,1-3H3,(H,21,22)/b20-18-. The molecule has 2 aromatic rings. The van der Waals surface area contributed by atoms with Gasteiger partial charge in [-0.15, -0.1) is 0 Å². The molecule has 126 valence electrons. The molecule has 2 rings (SSSR count). The highest BCUT2D eigenvalue weighted by Gasteiger charge is 2.10. The van der Waals surface area contributed by atoms with E-state index in [-0.39, 0.29) is 5.91 Å². The summed E-state index contributed by atoms with van der Waals surface area (Å²) in [7, 11) is 3.09. The molecular weight excluding hydrogens is 304 g/mol. The van der Waals surface area contributed by atoms with Crippen molar-refractivity contribution < 1.29 is 14.3 Å². The Morgan fingerprint density at radius 1 is 1.00 bits per heavy atom. The molecule has 0 spiro atoms. The minimum Gasteiger partial charge on any atom is -0.497 e. The van der Waals surface area contributed by atoms with Gasteiger partial charge in [-0.1, -0.05) is 43.7 Å². The highest BCUT2D eigenvalue weighted by molar-refractivity contribution is 6.02. The molecule has 24 heavy (non-hydrogen) atoms. The Bertz CT molecular complexity index is 690. The molecular formula is C19H22N2O3. The van der Waals surface area contributed by atoms with Gasteiger partial charge in [0.2, 0.25) is 0 Å². The molecule has 5 nitrogen and oxygen atoms in total. The van der Waals surface area contributed by atoms with Crippen molar-refractivity contribution in [3.05, 3.63) is 59.7 Å². The van der Waals surface area contributed by atoms with Gasteiger partial charge in [0.1, 0.15) is 11.5 Å². The van der Waals surface area contributed by atoms with Crippen molar-refractivity contribution in [3.63, 3.8) is 0 Å². The number of hydrogen-bond acceptors (Lipinski definition) is 4. The van der Waals surface area contributed by atoms with Gasteiger partial charge in [0.05, 0.1) is 19.9 Å². The first kappa shape index (κ1) is 17.5. The number of amides is 1. The van der Waals surface area contributed by atoms with Crippen molar-refractivity contribution in [1.29, 1.82) is 0 Å². The molecule has 0 heterocycles. The largest absolute Gasteiger partial charge is 0.497 e. The van der Waals surface area contributed by atoms with Gasteiger partial charge in [-0.05, 0) is 24.1 Å². The van der Waals surface area contributed by atoms with E-state index in [0.717, 1.165) is 24.1 Å². The average Bonchev–Trinajstić information content (AvgIpc) is 2.65. The Kier molecular flexibility index (Phi) is 6.37. The van der Waals surface area contributed by atoms with Crippen LogP contribution in [0.15, 0.2) is 53.6 Å². The zero-order chi connectivity index (χ0) is 17.4. The van der Waals surface area contributed by atoms with Gasteiger partial charge in [-0.2, -0.15) is 5.10 Å². The second kappa shape index (κ2) is 8.72. The smallest absolute Gasteiger partial charge is 0.271 e. The van der Waals surface area contributed by atoms with Gasteiger partial charge in [-0.25, -0.2) is 5.43 Å². The Labute approximate surface area is 142 Å². The SMILES string of the molecule is CCC/C(=N/NC(=O)c1cc(OC)cc(OC)c1)c1ccccc1. The summed E-state index contributed by atoms with van der Waals surface area (Å²) in [6.07, 6.45) is 1.72. The molecule has 0 unspecified atom stereocenters. The molecule has 0 bridgehead atoms. The predicted molar refractivity (Wildman–Crippen MR) is 94.9 cm³/mol. The van der Waals surface area contributed by atoms with E-state index in [4.69, 9.17) is 9.47 Å². The van der Waals surface area contributed by atoms with Gasteiger partial charge < -0.3 is 9.47 Å². The summed E-state index contributed by atoms with van der Waals surface area (Å²) in [6.45, 7) is 2.08. The molecule has 0 aliphatic rings. The summed E-state index contributed by atoms with van der Waals surface area (Å²) >= 11 is 0. The lowest BCUT2D eigenvalue weighted by Gasteiger charge is -2.09. The maximum Gasteiger partial charge on any atom is 0.271 e. The summed E-state index contributed by atoms with van der Waals surface area (Å²) in [4.78, 5) is 12.4. The molecule has 2 aromatic carbocycles. The van der Waals surface area contributed by atoms with E-state index in [2.05, 4.69) is 17.5 Å². The first-order chi connectivity index (χ1) is 11.7. The number of benzene rings is 2. The fourth-order valence-corrected chi connectivity index (χ4v) is 2.25. The molecule has 0 saturated heterocycles. The Morgan fingerprint density at radius 3 is 2.17 bits per heavy atom. The van der Waals surface area contributed by atoms with E-state index in [1.807, 2.05) is 30.3 Å². The van der Waals surface area contributed by atoms with E-state index >= 15 is 0 Å². The maximum atomic E-state index is 12.4. The van der Waals surface area contributed by atoms with Crippen LogP contribution in [0.25, 0.3) is 0 Å². The lowest BCUT2D eigenvalue weighted by Crippen LogP contribution is -2.20. The molecule has 0 saturated carbocycles. The highest BCUT2D eigenvalue weighted by atomic mass is 16.5. The summed E-state index contributed by atoms with van der Waals surface area (Å²) in [5.74, 6) is 0.803. The molecule has 1 N–H and O–H groups in total. The number of hydrogen-bond donors (Lipinski definition) is 1. The topological polar surface area (TPSA) is 59.9 Å². The van der Waals surface area contributed by atoms with Crippen molar-refractivity contribution in [2.24, 2.45) is 5.10 Å². The van der Waals surface area contributed by atoms with Crippen LogP contribution in [-0.4, -0.2) is 25.8 Å². The Balaban J connectivity index is 2.21. The molecule has 5 heteroatoms. The van der Waals surface area contributed by atoms with Gasteiger partial charge in [-0.3, -0.25) is 4.79 Å². The first-order valence-electron chi connectivity index (χ1n) is 7.83. The number of carbonyl (C=O) groups excluding carboxylic acids is 1. The fraction of sp³-hybridized carbons (Fsp3) is 0.263. The normalized spacial score (nSPS) is 11.0. The van der Waals surface area contributed by atoms with Gasteiger partial charge in [0.25, 0.3) is 5.91 Å². The predicted octanol–water partition coefficient (Wildman–Crippen LogP) is 3.64. The molecule has 0 aromatic heterocycles. The number of rotatable bonds is 7. The zero-order valence-corrected chi connectivity index (χ0v) is 14.2.